The molecule has 1 aromatic carbocycles. The van der Waals surface area contributed by atoms with Crippen molar-refractivity contribution in [2.24, 2.45) is 0 Å². The first-order valence-corrected chi connectivity index (χ1v) is 7.65. The Morgan fingerprint density at radius 2 is 2.04 bits per heavy atom. The number of aliphatic carboxylic acids is 1. The lowest BCUT2D eigenvalue weighted by atomic mass is 10.2. The molecule has 23 heavy (non-hydrogen) atoms. The highest BCUT2D eigenvalue weighted by atomic mass is 16.5. The molecule has 1 saturated heterocycles. The van der Waals surface area contributed by atoms with Gasteiger partial charge in [-0.1, -0.05) is 6.92 Å². The number of hydrogen-bond donors (Lipinski definition) is 1. The van der Waals surface area contributed by atoms with Crippen LogP contribution in [0.3, 0.4) is 0 Å². The Kier molecular flexibility index (Phi) is 5.70. The molecule has 2 amide bonds. The molecular weight excluding hydrogens is 300 g/mol. The first-order chi connectivity index (χ1) is 11.0. The fourth-order valence-corrected chi connectivity index (χ4v) is 2.42. The van der Waals surface area contributed by atoms with Crippen LogP contribution in [0.15, 0.2) is 24.3 Å². The van der Waals surface area contributed by atoms with Crippen LogP contribution < -0.4 is 20.1 Å². The van der Waals surface area contributed by atoms with Crippen molar-refractivity contribution in [2.45, 2.75) is 32.2 Å². The van der Waals surface area contributed by atoms with Crippen LogP contribution in [0.1, 0.15) is 26.2 Å². The van der Waals surface area contributed by atoms with Crippen LogP contribution in [-0.4, -0.2) is 37.0 Å². The Morgan fingerprint density at radius 3 is 2.65 bits per heavy atom. The van der Waals surface area contributed by atoms with Crippen LogP contribution >= 0.6 is 0 Å². The number of imide groups is 1. The molecule has 2 rings (SSSR count). The van der Waals surface area contributed by atoms with E-state index in [0.29, 0.717) is 18.0 Å². The highest BCUT2D eigenvalue weighted by molar-refractivity contribution is 6.21. The number of quaternary nitrogens is 1. The molecule has 0 aromatic heterocycles. The van der Waals surface area contributed by atoms with Gasteiger partial charge in [0, 0.05) is 12.4 Å². The topological polar surface area (TPSA) is 103 Å². The third-order valence-electron chi connectivity index (χ3n) is 3.55. The highest BCUT2D eigenvalue weighted by Gasteiger charge is 2.41. The Hall–Kier alpha value is -2.41. The molecule has 0 spiro atoms. The molecule has 7 heteroatoms. The predicted octanol–water partition coefficient (Wildman–Crippen LogP) is -1.19. The summed E-state index contributed by atoms with van der Waals surface area (Å²) in [4.78, 5) is 36.0. The van der Waals surface area contributed by atoms with E-state index in [9.17, 15) is 19.5 Å². The maximum Gasteiger partial charge on any atom is 0.292 e. The molecule has 0 unspecified atom stereocenters. The fraction of sp³-hybridized carbons (Fsp3) is 0.438. The average Bonchev–Trinajstić information content (AvgIpc) is 2.80. The lowest BCUT2D eigenvalue weighted by molar-refractivity contribution is -0.674. The minimum absolute atomic E-state index is 0.0694. The fourth-order valence-electron chi connectivity index (χ4n) is 2.42. The number of benzene rings is 1. The number of amides is 2. The van der Waals surface area contributed by atoms with E-state index in [0.717, 1.165) is 11.3 Å². The van der Waals surface area contributed by atoms with Crippen LogP contribution in [0, 0.1) is 0 Å². The number of carbonyl (C=O) groups excluding carboxylic acids is 3. The van der Waals surface area contributed by atoms with Gasteiger partial charge in [-0.05, 0) is 30.7 Å². The molecule has 0 saturated carbocycles. The van der Waals surface area contributed by atoms with Gasteiger partial charge in [-0.3, -0.25) is 9.59 Å². The van der Waals surface area contributed by atoms with Crippen molar-refractivity contribution in [3.8, 4) is 5.75 Å². The largest absolute Gasteiger partial charge is 0.550 e. The number of anilines is 1. The SMILES string of the molecule is CCCOc1ccc(N2C(=O)C[C@@H]([NH2+]CCC(=O)[O-])C2=O)cc1. The van der Waals surface area contributed by atoms with E-state index in [1.165, 1.54) is 0 Å². The van der Waals surface area contributed by atoms with Crippen molar-refractivity contribution in [2.75, 3.05) is 18.1 Å². The van der Waals surface area contributed by atoms with E-state index >= 15 is 0 Å². The lowest BCUT2D eigenvalue weighted by Gasteiger charge is -2.15. The van der Waals surface area contributed by atoms with Crippen molar-refractivity contribution in [1.29, 1.82) is 0 Å². The summed E-state index contributed by atoms with van der Waals surface area (Å²) in [6, 6.07) is 6.21. The van der Waals surface area contributed by atoms with Gasteiger partial charge in [0.1, 0.15) is 5.75 Å². The molecule has 1 aliphatic heterocycles. The summed E-state index contributed by atoms with van der Waals surface area (Å²) in [5.74, 6) is -1.09. The zero-order valence-corrected chi connectivity index (χ0v) is 13.0. The van der Waals surface area contributed by atoms with Gasteiger partial charge in [-0.2, -0.15) is 0 Å². The maximum absolute atomic E-state index is 12.3. The monoisotopic (exact) mass is 320 g/mol. The van der Waals surface area contributed by atoms with Gasteiger partial charge in [0.15, 0.2) is 6.04 Å². The molecule has 2 N–H and O–H groups in total. The molecule has 1 fully saturated rings. The molecule has 1 heterocycles. The number of nitrogens with two attached hydrogens (primary N) is 1. The Balaban J connectivity index is 2.00. The van der Waals surface area contributed by atoms with E-state index in [4.69, 9.17) is 4.74 Å². The van der Waals surface area contributed by atoms with Crippen LogP contribution in [0.4, 0.5) is 5.69 Å². The zero-order chi connectivity index (χ0) is 16.8. The number of ether oxygens (including phenoxy) is 1. The number of nitrogens with zero attached hydrogens (tertiary/aromatic N) is 1. The van der Waals surface area contributed by atoms with E-state index in [1.54, 1.807) is 29.6 Å². The molecule has 7 nitrogen and oxygen atoms in total. The van der Waals surface area contributed by atoms with Gasteiger partial charge in [0.05, 0.1) is 25.3 Å². The normalized spacial score (nSPS) is 17.6. The summed E-state index contributed by atoms with van der Waals surface area (Å²) in [5.41, 5.74) is 0.500. The van der Waals surface area contributed by atoms with Crippen molar-refractivity contribution in [1.82, 2.24) is 0 Å². The van der Waals surface area contributed by atoms with E-state index in [2.05, 4.69) is 0 Å². The van der Waals surface area contributed by atoms with Crippen LogP contribution in [-0.2, 0) is 14.4 Å². The van der Waals surface area contributed by atoms with Crippen LogP contribution in [0.5, 0.6) is 5.75 Å². The standard InChI is InChI=1S/C16H20N2O5/c1-2-9-23-12-5-3-11(4-6-12)18-14(19)10-13(16(18)22)17-8-7-15(20)21/h3-6,13,17H,2,7-10H2,1H3,(H,20,21)/t13-/m1/s1. The number of carboxylic acids is 1. The smallest absolute Gasteiger partial charge is 0.292 e. The molecule has 124 valence electrons. The number of carboxylic acid groups (broad SMARTS) is 1. The van der Waals surface area contributed by atoms with Crippen molar-refractivity contribution in [3.05, 3.63) is 24.3 Å². The van der Waals surface area contributed by atoms with Gasteiger partial charge >= 0.3 is 0 Å². The first-order valence-electron chi connectivity index (χ1n) is 7.65. The van der Waals surface area contributed by atoms with Gasteiger partial charge < -0.3 is 20.0 Å². The molecule has 0 radical (unpaired) electrons. The predicted molar refractivity (Wildman–Crippen MR) is 79.5 cm³/mol. The average molecular weight is 320 g/mol. The van der Waals surface area contributed by atoms with Crippen molar-refractivity contribution in [3.63, 3.8) is 0 Å². The summed E-state index contributed by atoms with van der Waals surface area (Å²) in [7, 11) is 0. The second kappa shape index (κ2) is 7.73. The Bertz CT molecular complexity index is 585. The summed E-state index contributed by atoms with van der Waals surface area (Å²) in [5, 5.41) is 12.0. The van der Waals surface area contributed by atoms with Gasteiger partial charge in [-0.25, -0.2) is 4.90 Å². The third-order valence-corrected chi connectivity index (χ3v) is 3.55. The van der Waals surface area contributed by atoms with Crippen LogP contribution in [0.25, 0.3) is 0 Å². The minimum Gasteiger partial charge on any atom is -0.550 e. The van der Waals surface area contributed by atoms with Crippen molar-refractivity contribution >= 4 is 23.5 Å². The van der Waals surface area contributed by atoms with E-state index < -0.39 is 12.0 Å². The first kappa shape index (κ1) is 17.0. The summed E-state index contributed by atoms with van der Waals surface area (Å²) in [6.45, 7) is 2.83. The molecule has 0 aliphatic carbocycles. The second-order valence-electron chi connectivity index (χ2n) is 5.37. The highest BCUT2D eigenvalue weighted by Crippen LogP contribution is 2.24. The molecule has 1 atom stereocenters. The zero-order valence-electron chi connectivity index (χ0n) is 13.0. The van der Waals surface area contributed by atoms with Crippen molar-refractivity contribution < 1.29 is 29.5 Å². The molecule has 0 bridgehead atoms. The number of rotatable bonds is 8. The lowest BCUT2D eigenvalue weighted by Crippen LogP contribution is -2.91. The number of hydrogen-bond acceptors (Lipinski definition) is 5. The second-order valence-corrected chi connectivity index (χ2v) is 5.37. The Labute approximate surface area is 134 Å². The summed E-state index contributed by atoms with van der Waals surface area (Å²) >= 11 is 0. The Morgan fingerprint density at radius 1 is 1.35 bits per heavy atom. The molecule has 1 aromatic rings. The third kappa shape index (κ3) is 4.29. The summed E-state index contributed by atoms with van der Waals surface area (Å²) < 4.78 is 5.47. The van der Waals surface area contributed by atoms with Gasteiger partial charge in [0.25, 0.3) is 5.91 Å². The quantitative estimate of drug-likeness (QED) is 0.607. The van der Waals surface area contributed by atoms with Gasteiger partial charge in [0.2, 0.25) is 5.91 Å². The van der Waals surface area contributed by atoms with Crippen LogP contribution in [0.2, 0.25) is 0 Å². The molecule has 1 aliphatic rings. The number of carbonyl (C=O) groups is 3. The maximum atomic E-state index is 12.3. The molecular formula is C16H20N2O5. The van der Waals surface area contributed by atoms with E-state index in [1.807, 2.05) is 6.92 Å². The minimum atomic E-state index is -1.17. The van der Waals surface area contributed by atoms with Gasteiger partial charge in [-0.15, -0.1) is 0 Å². The van der Waals surface area contributed by atoms with E-state index in [-0.39, 0.29) is 31.2 Å². The summed E-state index contributed by atoms with van der Waals surface area (Å²) in [6.07, 6.45) is 0.815.